The molecule has 1 aromatic carbocycles. The third-order valence-electron chi connectivity index (χ3n) is 2.93. The normalized spacial score (nSPS) is 10.9. The highest BCUT2D eigenvalue weighted by Gasteiger charge is 2.05. The molecule has 0 unspecified atom stereocenters. The van der Waals surface area contributed by atoms with Crippen molar-refractivity contribution < 1.29 is 0 Å². The van der Waals surface area contributed by atoms with Gasteiger partial charge in [-0.1, -0.05) is 29.3 Å². The van der Waals surface area contributed by atoms with Crippen molar-refractivity contribution in [3.8, 4) is 0 Å². The predicted octanol–water partition coefficient (Wildman–Crippen LogP) is 3.15. The van der Waals surface area contributed by atoms with Gasteiger partial charge in [0.25, 0.3) is 5.56 Å². The minimum atomic E-state index is -0.132. The van der Waals surface area contributed by atoms with Gasteiger partial charge in [0.15, 0.2) is 0 Å². The van der Waals surface area contributed by atoms with Gasteiger partial charge in [-0.25, -0.2) is 9.97 Å². The molecule has 0 spiro atoms. The summed E-state index contributed by atoms with van der Waals surface area (Å²) in [6.45, 7) is 0.387. The van der Waals surface area contributed by atoms with Gasteiger partial charge < -0.3 is 0 Å². The summed E-state index contributed by atoms with van der Waals surface area (Å²) in [6.07, 6.45) is 3.16. The molecule has 6 heteroatoms. The van der Waals surface area contributed by atoms with Crippen molar-refractivity contribution in [2.75, 3.05) is 0 Å². The molecular weight excluding hydrogens is 297 g/mol. The quantitative estimate of drug-likeness (QED) is 0.683. The Morgan fingerprint density at radius 2 is 1.95 bits per heavy atom. The zero-order valence-electron chi connectivity index (χ0n) is 10.3. The van der Waals surface area contributed by atoms with E-state index >= 15 is 0 Å². The second kappa shape index (κ2) is 5.23. The Hall–Kier alpha value is -1.91. The molecule has 3 aromatic rings. The maximum atomic E-state index is 12.4. The lowest BCUT2D eigenvalue weighted by molar-refractivity contribution is 0.745. The molecule has 0 aliphatic rings. The van der Waals surface area contributed by atoms with Crippen molar-refractivity contribution in [3.63, 3.8) is 0 Å². The molecule has 0 N–H and O–H groups in total. The van der Waals surface area contributed by atoms with Gasteiger partial charge in [-0.2, -0.15) is 0 Å². The van der Waals surface area contributed by atoms with Crippen LogP contribution in [0.5, 0.6) is 0 Å². The van der Waals surface area contributed by atoms with Crippen LogP contribution in [0, 0.1) is 0 Å². The summed E-state index contributed by atoms with van der Waals surface area (Å²) in [5, 5.41) is 1.44. The topological polar surface area (TPSA) is 47.8 Å². The SMILES string of the molecule is O=c1c2cc(Cl)ccc2ncn1Cc1ccc(Cl)nc1. The zero-order chi connectivity index (χ0) is 14.1. The molecule has 4 nitrogen and oxygen atoms in total. The van der Waals surface area contributed by atoms with Crippen LogP contribution in [0.2, 0.25) is 10.2 Å². The van der Waals surface area contributed by atoms with E-state index in [4.69, 9.17) is 23.2 Å². The fourth-order valence-electron chi connectivity index (χ4n) is 1.94. The fraction of sp³-hybridized carbons (Fsp3) is 0.0714. The molecule has 2 aromatic heterocycles. The Kier molecular flexibility index (Phi) is 3.42. The first-order valence-electron chi connectivity index (χ1n) is 5.88. The first-order chi connectivity index (χ1) is 9.63. The number of rotatable bonds is 2. The lowest BCUT2D eigenvalue weighted by Gasteiger charge is -2.06. The van der Waals surface area contributed by atoms with E-state index in [9.17, 15) is 4.79 Å². The minimum absolute atomic E-state index is 0.132. The number of fused-ring (bicyclic) bond motifs is 1. The standard InChI is InChI=1S/C14H9Cl2N3O/c15-10-2-3-12-11(5-10)14(20)19(8-18-12)7-9-1-4-13(16)17-6-9/h1-6,8H,7H2. The van der Waals surface area contributed by atoms with Crippen LogP contribution in [-0.2, 0) is 6.54 Å². The number of hydrogen-bond acceptors (Lipinski definition) is 3. The second-order valence-corrected chi connectivity index (χ2v) is 5.15. The number of hydrogen-bond donors (Lipinski definition) is 0. The molecule has 0 amide bonds. The van der Waals surface area contributed by atoms with Crippen LogP contribution in [0.15, 0.2) is 47.7 Å². The van der Waals surface area contributed by atoms with Gasteiger partial charge in [0, 0.05) is 11.2 Å². The first-order valence-corrected chi connectivity index (χ1v) is 6.64. The number of benzene rings is 1. The number of aromatic nitrogens is 3. The monoisotopic (exact) mass is 305 g/mol. The molecule has 0 saturated carbocycles. The molecule has 20 heavy (non-hydrogen) atoms. The Balaban J connectivity index is 2.06. The van der Waals surface area contributed by atoms with E-state index in [1.165, 1.54) is 10.9 Å². The highest BCUT2D eigenvalue weighted by atomic mass is 35.5. The molecule has 0 fully saturated rings. The van der Waals surface area contributed by atoms with Gasteiger partial charge in [0.2, 0.25) is 0 Å². The van der Waals surface area contributed by atoms with Crippen molar-refractivity contribution >= 4 is 34.1 Å². The summed E-state index contributed by atoms with van der Waals surface area (Å²) in [6, 6.07) is 8.58. The van der Waals surface area contributed by atoms with Crippen LogP contribution in [0.4, 0.5) is 0 Å². The average Bonchev–Trinajstić information content (AvgIpc) is 2.45. The van der Waals surface area contributed by atoms with Gasteiger partial charge in [0.05, 0.1) is 23.8 Å². The summed E-state index contributed by atoms with van der Waals surface area (Å²) in [5.41, 5.74) is 1.37. The fourth-order valence-corrected chi connectivity index (χ4v) is 2.22. The van der Waals surface area contributed by atoms with Gasteiger partial charge in [-0.05, 0) is 29.8 Å². The highest BCUT2D eigenvalue weighted by molar-refractivity contribution is 6.31. The summed E-state index contributed by atoms with van der Waals surface area (Å²) in [4.78, 5) is 20.6. The third-order valence-corrected chi connectivity index (χ3v) is 3.39. The molecular formula is C14H9Cl2N3O. The Morgan fingerprint density at radius 1 is 1.10 bits per heavy atom. The van der Waals surface area contributed by atoms with Crippen molar-refractivity contribution in [1.82, 2.24) is 14.5 Å². The molecule has 3 rings (SSSR count). The first kappa shape index (κ1) is 13.1. The lowest BCUT2D eigenvalue weighted by Crippen LogP contribution is -2.21. The lowest BCUT2D eigenvalue weighted by atomic mass is 10.2. The molecule has 0 aliphatic carbocycles. The van der Waals surface area contributed by atoms with Crippen LogP contribution >= 0.6 is 23.2 Å². The Bertz CT molecular complexity index is 828. The van der Waals surface area contributed by atoms with E-state index in [1.807, 2.05) is 6.07 Å². The predicted molar refractivity (Wildman–Crippen MR) is 79.4 cm³/mol. The molecule has 100 valence electrons. The van der Waals surface area contributed by atoms with E-state index < -0.39 is 0 Å². The Morgan fingerprint density at radius 3 is 2.70 bits per heavy atom. The molecule has 0 radical (unpaired) electrons. The minimum Gasteiger partial charge on any atom is -0.294 e. The third kappa shape index (κ3) is 2.53. The van der Waals surface area contributed by atoms with E-state index in [0.29, 0.717) is 27.6 Å². The molecule has 0 aliphatic heterocycles. The maximum absolute atomic E-state index is 12.4. The summed E-state index contributed by atoms with van der Waals surface area (Å²) in [7, 11) is 0. The van der Waals surface area contributed by atoms with E-state index in [-0.39, 0.29) is 5.56 Å². The molecule has 0 bridgehead atoms. The van der Waals surface area contributed by atoms with Crippen molar-refractivity contribution in [2.45, 2.75) is 6.54 Å². The largest absolute Gasteiger partial charge is 0.294 e. The zero-order valence-corrected chi connectivity index (χ0v) is 11.8. The number of nitrogens with zero attached hydrogens (tertiary/aromatic N) is 3. The molecule has 2 heterocycles. The highest BCUT2D eigenvalue weighted by Crippen LogP contribution is 2.14. The maximum Gasteiger partial charge on any atom is 0.261 e. The van der Waals surface area contributed by atoms with Gasteiger partial charge in [0.1, 0.15) is 5.15 Å². The molecule has 0 atom stereocenters. The van der Waals surface area contributed by atoms with Gasteiger partial charge in [-0.15, -0.1) is 0 Å². The Labute approximate surface area is 124 Å². The van der Waals surface area contributed by atoms with E-state index in [0.717, 1.165) is 5.56 Å². The summed E-state index contributed by atoms with van der Waals surface area (Å²) >= 11 is 11.7. The van der Waals surface area contributed by atoms with Crippen molar-refractivity contribution in [3.05, 3.63) is 68.9 Å². The van der Waals surface area contributed by atoms with Crippen LogP contribution in [0.1, 0.15) is 5.56 Å². The number of halogens is 2. The van der Waals surface area contributed by atoms with Crippen molar-refractivity contribution in [1.29, 1.82) is 0 Å². The van der Waals surface area contributed by atoms with E-state index in [2.05, 4.69) is 9.97 Å². The van der Waals surface area contributed by atoms with Crippen LogP contribution in [-0.4, -0.2) is 14.5 Å². The number of pyridine rings is 1. The second-order valence-electron chi connectivity index (χ2n) is 4.33. The van der Waals surface area contributed by atoms with E-state index in [1.54, 1.807) is 30.5 Å². The summed E-state index contributed by atoms with van der Waals surface area (Å²) in [5.74, 6) is 0. The smallest absolute Gasteiger partial charge is 0.261 e. The molecule has 0 saturated heterocycles. The van der Waals surface area contributed by atoms with Crippen molar-refractivity contribution in [2.24, 2.45) is 0 Å². The van der Waals surface area contributed by atoms with Gasteiger partial charge in [-0.3, -0.25) is 9.36 Å². The van der Waals surface area contributed by atoms with Gasteiger partial charge >= 0.3 is 0 Å². The summed E-state index contributed by atoms with van der Waals surface area (Å²) < 4.78 is 1.52. The van der Waals surface area contributed by atoms with Crippen LogP contribution in [0.25, 0.3) is 10.9 Å². The van der Waals surface area contributed by atoms with Crippen LogP contribution in [0.3, 0.4) is 0 Å². The van der Waals surface area contributed by atoms with Crippen LogP contribution < -0.4 is 5.56 Å². The average molecular weight is 306 g/mol.